The number of aromatic nitrogens is 3. The van der Waals surface area contributed by atoms with E-state index in [4.69, 9.17) is 9.47 Å². The molecule has 0 aliphatic carbocycles. The number of fused-ring (bicyclic) bond motifs is 5. The van der Waals surface area contributed by atoms with Gasteiger partial charge in [-0.1, -0.05) is 54.6 Å². The molecule has 0 unspecified atom stereocenters. The molecule has 7 nitrogen and oxygen atoms in total. The highest BCUT2D eigenvalue weighted by Gasteiger charge is 2.29. The number of nitrogens with zero attached hydrogens (tertiary/aromatic N) is 4. The second-order valence-electron chi connectivity index (χ2n) is 11.0. The lowest BCUT2D eigenvalue weighted by atomic mass is 9.95. The third-order valence-corrected chi connectivity index (χ3v) is 7.23. The molecule has 0 bridgehead atoms. The Balaban J connectivity index is 1.69. The van der Waals surface area contributed by atoms with Gasteiger partial charge in [-0.05, 0) is 58.6 Å². The number of benzene rings is 2. The quantitative estimate of drug-likeness (QED) is 0.326. The first-order valence-corrected chi connectivity index (χ1v) is 13.3. The molecule has 0 saturated heterocycles. The van der Waals surface area contributed by atoms with Crippen LogP contribution in [-0.2, 0) is 27.4 Å². The predicted octanol–water partition coefficient (Wildman–Crippen LogP) is 6.26. The summed E-state index contributed by atoms with van der Waals surface area (Å²) in [6.45, 7) is 12.2. The van der Waals surface area contributed by atoms with E-state index in [2.05, 4.69) is 56.2 Å². The van der Waals surface area contributed by atoms with E-state index in [0.29, 0.717) is 26.1 Å². The van der Waals surface area contributed by atoms with Gasteiger partial charge in [-0.2, -0.15) is 0 Å². The van der Waals surface area contributed by atoms with E-state index in [9.17, 15) is 4.79 Å². The van der Waals surface area contributed by atoms with Gasteiger partial charge in [0.15, 0.2) is 0 Å². The summed E-state index contributed by atoms with van der Waals surface area (Å²) in [5, 5.41) is 9.27. The van der Waals surface area contributed by atoms with Crippen molar-refractivity contribution in [2.24, 2.45) is 0 Å². The number of anilines is 1. The monoisotopic (exact) mass is 504 g/mol. The van der Waals surface area contributed by atoms with Crippen molar-refractivity contribution < 1.29 is 14.3 Å². The Morgan fingerprint density at radius 1 is 0.973 bits per heavy atom. The normalized spacial score (nSPS) is 13.4. The summed E-state index contributed by atoms with van der Waals surface area (Å²) in [4.78, 5) is 15.2. The minimum absolute atomic E-state index is 0.126. The zero-order chi connectivity index (χ0) is 26.6. The fraction of sp³-hybridized carbons (Fsp3) is 0.500. The van der Waals surface area contributed by atoms with E-state index in [1.165, 1.54) is 0 Å². The molecule has 0 spiro atoms. The fourth-order valence-electron chi connectivity index (χ4n) is 4.67. The average Bonchev–Trinajstić information content (AvgIpc) is 3.28. The van der Waals surface area contributed by atoms with Gasteiger partial charge in [-0.25, -0.2) is 4.68 Å². The molecular formula is C30H40N4O3. The summed E-state index contributed by atoms with van der Waals surface area (Å²) in [5.41, 5.74) is 5.20. The molecule has 0 N–H and O–H groups in total. The Bertz CT molecular complexity index is 1230. The van der Waals surface area contributed by atoms with Crippen LogP contribution in [0.4, 0.5) is 5.69 Å². The third-order valence-electron chi connectivity index (χ3n) is 7.23. The Labute approximate surface area is 220 Å². The minimum atomic E-state index is -0.342. The highest BCUT2D eigenvalue weighted by Crippen LogP contribution is 2.41. The van der Waals surface area contributed by atoms with E-state index in [1.54, 1.807) is 7.11 Å². The van der Waals surface area contributed by atoms with E-state index in [-0.39, 0.29) is 17.1 Å². The van der Waals surface area contributed by atoms with Crippen molar-refractivity contribution in [3.63, 3.8) is 0 Å². The molecule has 1 amide bonds. The molecule has 2 aromatic carbocycles. The average molecular weight is 505 g/mol. The molecule has 3 aromatic rings. The largest absolute Gasteiger partial charge is 0.379 e. The van der Waals surface area contributed by atoms with E-state index in [1.807, 2.05) is 46.8 Å². The highest BCUT2D eigenvalue weighted by atomic mass is 16.5. The maximum Gasteiger partial charge on any atom is 0.227 e. The molecule has 0 atom stereocenters. The van der Waals surface area contributed by atoms with Crippen LogP contribution < -0.4 is 4.90 Å². The van der Waals surface area contributed by atoms with E-state index < -0.39 is 0 Å². The number of hydrogen-bond acceptors (Lipinski definition) is 5. The molecule has 7 heteroatoms. The topological polar surface area (TPSA) is 69.5 Å². The maximum absolute atomic E-state index is 13.3. The van der Waals surface area contributed by atoms with Crippen molar-refractivity contribution in [1.29, 1.82) is 0 Å². The Kier molecular flexibility index (Phi) is 8.14. The summed E-state index contributed by atoms with van der Waals surface area (Å²) < 4.78 is 13.8. The summed E-state index contributed by atoms with van der Waals surface area (Å²) in [6, 6.07) is 16.3. The standard InChI is InChI=1S/C30H40N4O3/c1-7-12-26(35)33-21-22-13-8-9-14-23(22)27-28(24-15-10-11-16-25(24)33)34(32-31-27)19-17-30(4,5)37-20-18-29(2,3)36-6/h8-11,13-16H,7,12,17-21H2,1-6H3. The Morgan fingerprint density at radius 3 is 2.41 bits per heavy atom. The van der Waals surface area contributed by atoms with Crippen LogP contribution in [-0.4, -0.2) is 45.8 Å². The van der Waals surface area contributed by atoms with Crippen molar-refractivity contribution in [2.75, 3.05) is 18.6 Å². The van der Waals surface area contributed by atoms with Gasteiger partial charge >= 0.3 is 0 Å². The summed E-state index contributed by atoms with van der Waals surface area (Å²) in [6.07, 6.45) is 2.89. The highest BCUT2D eigenvalue weighted by molar-refractivity contribution is 6.00. The first kappa shape index (κ1) is 27.0. The SMILES string of the molecule is CCCC(=O)N1Cc2ccccc2-c2nnn(CCC(C)(C)OCCC(C)(C)OC)c2-c2ccccc21. The van der Waals surface area contributed by atoms with Crippen LogP contribution in [0.2, 0.25) is 0 Å². The zero-order valence-electron chi connectivity index (χ0n) is 23.1. The van der Waals surface area contributed by atoms with E-state index in [0.717, 1.165) is 53.0 Å². The third kappa shape index (κ3) is 6.11. The molecule has 1 aromatic heterocycles. The summed E-state index contributed by atoms with van der Waals surface area (Å²) in [7, 11) is 1.73. The number of rotatable bonds is 10. The van der Waals surface area contributed by atoms with Crippen molar-refractivity contribution >= 4 is 11.6 Å². The van der Waals surface area contributed by atoms with Gasteiger partial charge in [0.05, 0.1) is 35.7 Å². The van der Waals surface area contributed by atoms with Crippen molar-refractivity contribution in [3.8, 4) is 22.5 Å². The second-order valence-corrected chi connectivity index (χ2v) is 11.0. The molecule has 1 aliphatic heterocycles. The second kappa shape index (κ2) is 11.2. The number of methoxy groups -OCH3 is 1. The Morgan fingerprint density at radius 2 is 1.68 bits per heavy atom. The molecule has 0 radical (unpaired) electrons. The van der Waals surface area contributed by atoms with Crippen LogP contribution in [0.5, 0.6) is 0 Å². The molecule has 0 saturated carbocycles. The van der Waals surface area contributed by atoms with Gasteiger partial charge < -0.3 is 14.4 Å². The van der Waals surface area contributed by atoms with Crippen molar-refractivity contribution in [3.05, 3.63) is 54.1 Å². The fourth-order valence-corrected chi connectivity index (χ4v) is 4.67. The summed E-state index contributed by atoms with van der Waals surface area (Å²) in [5.74, 6) is 0.126. The molecule has 2 heterocycles. The smallest absolute Gasteiger partial charge is 0.227 e. The molecule has 37 heavy (non-hydrogen) atoms. The van der Waals surface area contributed by atoms with Crippen LogP contribution in [0, 0.1) is 0 Å². The maximum atomic E-state index is 13.3. The van der Waals surface area contributed by atoms with Crippen LogP contribution in [0.1, 0.15) is 65.9 Å². The lowest BCUT2D eigenvalue weighted by Gasteiger charge is -2.30. The van der Waals surface area contributed by atoms with Crippen LogP contribution in [0.25, 0.3) is 22.5 Å². The number of para-hydroxylation sites is 1. The van der Waals surface area contributed by atoms with Crippen molar-refractivity contribution in [2.45, 2.75) is 84.6 Å². The zero-order valence-corrected chi connectivity index (χ0v) is 23.1. The van der Waals surface area contributed by atoms with Crippen LogP contribution in [0.15, 0.2) is 48.5 Å². The van der Waals surface area contributed by atoms with Crippen LogP contribution in [0.3, 0.4) is 0 Å². The van der Waals surface area contributed by atoms with Gasteiger partial charge in [0, 0.05) is 31.2 Å². The Hall–Kier alpha value is -3.03. The number of ether oxygens (including phenoxy) is 2. The number of carbonyl (C=O) groups is 1. The predicted molar refractivity (Wildman–Crippen MR) is 147 cm³/mol. The van der Waals surface area contributed by atoms with Crippen molar-refractivity contribution in [1.82, 2.24) is 15.0 Å². The van der Waals surface area contributed by atoms with E-state index >= 15 is 0 Å². The number of amides is 1. The number of aryl methyl sites for hydroxylation is 1. The number of hydrogen-bond donors (Lipinski definition) is 0. The molecule has 0 fully saturated rings. The van der Waals surface area contributed by atoms with Gasteiger partial charge in [0.2, 0.25) is 5.91 Å². The molecular weight excluding hydrogens is 464 g/mol. The first-order valence-electron chi connectivity index (χ1n) is 13.3. The van der Waals surface area contributed by atoms with Gasteiger partial charge in [-0.15, -0.1) is 5.10 Å². The first-order chi connectivity index (χ1) is 17.7. The molecule has 198 valence electrons. The molecule has 4 rings (SSSR count). The minimum Gasteiger partial charge on any atom is -0.379 e. The molecule has 1 aliphatic rings. The van der Waals surface area contributed by atoms with Crippen LogP contribution >= 0.6 is 0 Å². The lowest BCUT2D eigenvalue weighted by molar-refractivity contribution is -0.118. The lowest BCUT2D eigenvalue weighted by Crippen LogP contribution is -2.32. The van der Waals surface area contributed by atoms with Gasteiger partial charge in [0.25, 0.3) is 0 Å². The number of carbonyl (C=O) groups excluding carboxylic acids is 1. The van der Waals surface area contributed by atoms with Gasteiger partial charge in [-0.3, -0.25) is 4.79 Å². The van der Waals surface area contributed by atoms with Gasteiger partial charge in [0.1, 0.15) is 5.69 Å². The summed E-state index contributed by atoms with van der Waals surface area (Å²) >= 11 is 0.